The van der Waals surface area contributed by atoms with Crippen LogP contribution in [-0.4, -0.2) is 71.6 Å². The van der Waals surface area contributed by atoms with E-state index in [1.54, 1.807) is 7.05 Å². The molecule has 0 aromatic carbocycles. The summed E-state index contributed by atoms with van der Waals surface area (Å²) in [5.41, 5.74) is -0.614. The molecule has 0 bridgehead atoms. The molecule has 6 heteroatoms. The zero-order valence-corrected chi connectivity index (χ0v) is 12.4. The summed E-state index contributed by atoms with van der Waals surface area (Å²) in [6.07, 6.45) is 3.82. The van der Waals surface area contributed by atoms with Crippen LogP contribution < -0.4 is 5.32 Å². The molecule has 2 fully saturated rings. The molecule has 2 N–H and O–H groups in total. The maximum Gasteiger partial charge on any atom is 0.239 e. The van der Waals surface area contributed by atoms with E-state index >= 15 is 0 Å². The van der Waals surface area contributed by atoms with Gasteiger partial charge >= 0.3 is 0 Å². The quantitative estimate of drug-likeness (QED) is 0.665. The lowest BCUT2D eigenvalue weighted by Crippen LogP contribution is -2.63. The second kappa shape index (κ2) is 6.10. The summed E-state index contributed by atoms with van der Waals surface area (Å²) in [7, 11) is 1.65. The largest absolute Gasteiger partial charge is 0.387 e. The van der Waals surface area contributed by atoms with Gasteiger partial charge in [-0.1, -0.05) is 13.3 Å². The number of nitrogens with one attached hydrogen (secondary N) is 1. The first-order valence-corrected chi connectivity index (χ1v) is 7.40. The van der Waals surface area contributed by atoms with Gasteiger partial charge in [0, 0.05) is 26.2 Å². The number of hydrogen-bond donors (Lipinski definition) is 2. The van der Waals surface area contributed by atoms with E-state index in [9.17, 15) is 14.7 Å². The van der Waals surface area contributed by atoms with E-state index in [1.165, 1.54) is 4.90 Å². The number of nitrogens with zero attached hydrogens (tertiary/aromatic N) is 2. The highest BCUT2D eigenvalue weighted by Gasteiger charge is 2.41. The van der Waals surface area contributed by atoms with Crippen molar-refractivity contribution in [3.63, 3.8) is 0 Å². The van der Waals surface area contributed by atoms with Gasteiger partial charge in [0.2, 0.25) is 11.8 Å². The number of aliphatic hydroxyl groups is 1. The van der Waals surface area contributed by atoms with Gasteiger partial charge in [0.05, 0.1) is 18.7 Å². The Morgan fingerprint density at radius 1 is 1.40 bits per heavy atom. The number of amides is 2. The number of β-amino-alcohol motifs (C(OH)–C–C–N with tert-alkyl or cyclic N) is 1. The molecule has 0 aromatic rings. The summed E-state index contributed by atoms with van der Waals surface area (Å²) in [6, 6.07) is 0.324. The molecule has 2 rings (SSSR count). The third-order valence-corrected chi connectivity index (χ3v) is 3.86. The molecule has 2 amide bonds. The Kier molecular flexibility index (Phi) is 4.65. The fraction of sp³-hybridized carbons (Fsp3) is 0.857. The molecule has 20 heavy (non-hydrogen) atoms. The minimum atomic E-state index is -0.614. The van der Waals surface area contributed by atoms with Gasteiger partial charge < -0.3 is 15.3 Å². The highest BCUT2D eigenvalue weighted by atomic mass is 16.3. The van der Waals surface area contributed by atoms with Crippen LogP contribution in [0.4, 0.5) is 0 Å². The highest BCUT2D eigenvalue weighted by Crippen LogP contribution is 2.25. The first-order valence-electron chi connectivity index (χ1n) is 7.40. The molecule has 1 saturated heterocycles. The maximum atomic E-state index is 12.0. The van der Waals surface area contributed by atoms with Crippen LogP contribution in [0.5, 0.6) is 0 Å². The Balaban J connectivity index is 1.65. The molecule has 6 nitrogen and oxygen atoms in total. The number of likely N-dealkylation sites (tertiary alicyclic amines) is 1. The summed E-state index contributed by atoms with van der Waals surface area (Å²) < 4.78 is 0. The van der Waals surface area contributed by atoms with Crippen molar-refractivity contribution in [2.45, 2.75) is 44.2 Å². The van der Waals surface area contributed by atoms with Crippen molar-refractivity contribution in [2.24, 2.45) is 0 Å². The first kappa shape index (κ1) is 15.3. The van der Waals surface area contributed by atoms with Gasteiger partial charge in [-0.15, -0.1) is 0 Å². The normalized spacial score (nSPS) is 21.1. The topological polar surface area (TPSA) is 72.9 Å². The van der Waals surface area contributed by atoms with E-state index in [-0.39, 0.29) is 24.9 Å². The molecule has 0 spiro atoms. The lowest BCUT2D eigenvalue weighted by molar-refractivity contribution is -0.143. The Hall–Kier alpha value is -1.14. The summed E-state index contributed by atoms with van der Waals surface area (Å²) >= 11 is 0. The van der Waals surface area contributed by atoms with E-state index in [0.717, 1.165) is 25.7 Å². The minimum Gasteiger partial charge on any atom is -0.387 e. The average molecular weight is 283 g/mol. The fourth-order valence-electron chi connectivity index (χ4n) is 2.64. The van der Waals surface area contributed by atoms with Crippen LogP contribution in [0.1, 0.15) is 32.6 Å². The maximum absolute atomic E-state index is 12.0. The third kappa shape index (κ3) is 4.18. The van der Waals surface area contributed by atoms with Crippen LogP contribution in [0.3, 0.4) is 0 Å². The van der Waals surface area contributed by atoms with Gasteiger partial charge in [-0.2, -0.15) is 0 Å². The van der Waals surface area contributed by atoms with Crippen molar-refractivity contribution in [3.8, 4) is 0 Å². The molecule has 2 aliphatic rings. The Morgan fingerprint density at radius 2 is 2.05 bits per heavy atom. The van der Waals surface area contributed by atoms with Crippen LogP contribution in [-0.2, 0) is 9.59 Å². The van der Waals surface area contributed by atoms with E-state index in [4.69, 9.17) is 0 Å². The van der Waals surface area contributed by atoms with E-state index in [1.807, 2.05) is 11.8 Å². The van der Waals surface area contributed by atoms with E-state index < -0.39 is 5.60 Å². The predicted octanol–water partition coefficient (Wildman–Crippen LogP) is -0.430. The molecule has 0 atom stereocenters. The molecule has 1 aliphatic heterocycles. The highest BCUT2D eigenvalue weighted by molar-refractivity contribution is 5.85. The fourth-order valence-corrected chi connectivity index (χ4v) is 2.64. The van der Waals surface area contributed by atoms with Gasteiger partial charge in [-0.25, -0.2) is 0 Å². The van der Waals surface area contributed by atoms with Crippen molar-refractivity contribution in [3.05, 3.63) is 0 Å². The van der Waals surface area contributed by atoms with E-state index in [2.05, 4.69) is 5.32 Å². The van der Waals surface area contributed by atoms with Crippen molar-refractivity contribution in [2.75, 3.05) is 33.2 Å². The number of hydrogen-bond acceptors (Lipinski definition) is 4. The third-order valence-electron chi connectivity index (χ3n) is 3.86. The Labute approximate surface area is 120 Å². The molecule has 0 aromatic heterocycles. The van der Waals surface area contributed by atoms with Crippen molar-refractivity contribution in [1.82, 2.24) is 15.1 Å². The Bertz CT molecular complexity index is 376. The van der Waals surface area contributed by atoms with Crippen LogP contribution in [0.25, 0.3) is 0 Å². The van der Waals surface area contributed by atoms with E-state index in [0.29, 0.717) is 19.1 Å². The Morgan fingerprint density at radius 3 is 2.60 bits per heavy atom. The summed E-state index contributed by atoms with van der Waals surface area (Å²) in [5.74, 6) is -0.163. The second-order valence-corrected chi connectivity index (χ2v) is 6.21. The van der Waals surface area contributed by atoms with Crippen LogP contribution in [0, 0.1) is 0 Å². The van der Waals surface area contributed by atoms with Crippen LogP contribution >= 0.6 is 0 Å². The molecule has 1 saturated carbocycles. The standard InChI is InChI=1S/C14H25N3O3/c1-3-6-14(20)9-17(10-14)8-13(19)16(2)7-12(18)15-11-4-5-11/h11,20H,3-10H2,1-2H3,(H,15,18). The monoisotopic (exact) mass is 283 g/mol. The average Bonchev–Trinajstić information content (AvgIpc) is 3.10. The van der Waals surface area contributed by atoms with Gasteiger partial charge in [0.25, 0.3) is 0 Å². The number of likely N-dealkylation sites (N-methyl/N-ethyl adjacent to an activating group) is 1. The van der Waals surface area contributed by atoms with Gasteiger partial charge in [0.1, 0.15) is 0 Å². The van der Waals surface area contributed by atoms with Gasteiger partial charge in [-0.3, -0.25) is 14.5 Å². The molecule has 1 aliphatic carbocycles. The lowest BCUT2D eigenvalue weighted by Gasteiger charge is -2.46. The molecular weight excluding hydrogens is 258 g/mol. The number of rotatable bonds is 7. The van der Waals surface area contributed by atoms with Crippen molar-refractivity contribution in [1.29, 1.82) is 0 Å². The SMILES string of the molecule is CCCC1(O)CN(CC(=O)N(C)CC(=O)NC2CC2)C1. The van der Waals surface area contributed by atoms with Crippen molar-refractivity contribution >= 4 is 11.8 Å². The summed E-state index contributed by atoms with van der Waals surface area (Å²) in [5, 5.41) is 12.9. The second-order valence-electron chi connectivity index (χ2n) is 6.21. The first-order chi connectivity index (χ1) is 9.42. The predicted molar refractivity (Wildman–Crippen MR) is 75.1 cm³/mol. The zero-order chi connectivity index (χ0) is 14.8. The molecule has 1 heterocycles. The van der Waals surface area contributed by atoms with Crippen LogP contribution in [0.2, 0.25) is 0 Å². The zero-order valence-electron chi connectivity index (χ0n) is 12.4. The summed E-state index contributed by atoms with van der Waals surface area (Å²) in [4.78, 5) is 27.0. The van der Waals surface area contributed by atoms with Gasteiger partial charge in [0.15, 0.2) is 0 Å². The van der Waals surface area contributed by atoms with Crippen molar-refractivity contribution < 1.29 is 14.7 Å². The summed E-state index contributed by atoms with van der Waals surface area (Å²) in [6.45, 7) is 3.53. The van der Waals surface area contributed by atoms with Crippen LogP contribution in [0.15, 0.2) is 0 Å². The smallest absolute Gasteiger partial charge is 0.239 e. The number of carbonyl (C=O) groups is 2. The minimum absolute atomic E-state index is 0.0745. The molecular formula is C14H25N3O3. The van der Waals surface area contributed by atoms with Gasteiger partial charge in [-0.05, 0) is 19.3 Å². The molecule has 0 unspecified atom stereocenters. The number of carbonyl (C=O) groups excluding carboxylic acids is 2. The molecule has 0 radical (unpaired) electrons. The lowest BCUT2D eigenvalue weighted by atomic mass is 9.89. The molecule has 114 valence electrons.